The summed E-state index contributed by atoms with van der Waals surface area (Å²) in [5.41, 5.74) is 3.91. The van der Waals surface area contributed by atoms with Gasteiger partial charge in [0.2, 0.25) is 5.91 Å². The van der Waals surface area contributed by atoms with E-state index in [4.69, 9.17) is 0 Å². The second-order valence-corrected chi connectivity index (χ2v) is 5.39. The second kappa shape index (κ2) is 6.87. The van der Waals surface area contributed by atoms with E-state index in [1.807, 2.05) is 36.4 Å². The number of benzene rings is 2. The highest BCUT2D eigenvalue weighted by atomic mass is 16.1. The molecule has 3 rings (SSSR count). The fourth-order valence-electron chi connectivity index (χ4n) is 2.45. The van der Waals surface area contributed by atoms with Gasteiger partial charge in [0, 0.05) is 6.42 Å². The number of aromatic nitrogens is 3. The van der Waals surface area contributed by atoms with Crippen LogP contribution in [0.25, 0.3) is 5.69 Å². The van der Waals surface area contributed by atoms with Crippen LogP contribution in [-0.4, -0.2) is 20.7 Å². The van der Waals surface area contributed by atoms with E-state index in [2.05, 4.69) is 34.5 Å². The monoisotopic (exact) mass is 306 g/mol. The van der Waals surface area contributed by atoms with Crippen LogP contribution < -0.4 is 5.32 Å². The lowest BCUT2D eigenvalue weighted by molar-refractivity contribution is -0.116. The molecule has 0 aliphatic heterocycles. The van der Waals surface area contributed by atoms with Gasteiger partial charge in [0.05, 0.1) is 11.4 Å². The third-order valence-corrected chi connectivity index (χ3v) is 3.57. The van der Waals surface area contributed by atoms with Crippen LogP contribution in [0.2, 0.25) is 0 Å². The maximum absolute atomic E-state index is 12.2. The van der Waals surface area contributed by atoms with Crippen LogP contribution in [0.4, 0.5) is 5.69 Å². The molecule has 1 amide bonds. The SMILES string of the molecule is Cc1cccc(CCC(=O)Nc2ccccc2-n2cncn2)c1. The van der Waals surface area contributed by atoms with Crippen molar-refractivity contribution < 1.29 is 4.79 Å². The van der Waals surface area contributed by atoms with Gasteiger partial charge in [-0.25, -0.2) is 9.67 Å². The van der Waals surface area contributed by atoms with Crippen LogP contribution >= 0.6 is 0 Å². The Labute approximate surface area is 135 Å². The number of hydrogen-bond donors (Lipinski definition) is 1. The molecule has 0 fully saturated rings. The molecule has 0 atom stereocenters. The average Bonchev–Trinajstić information content (AvgIpc) is 3.08. The minimum Gasteiger partial charge on any atom is -0.324 e. The molecule has 5 heteroatoms. The molecule has 0 radical (unpaired) electrons. The normalized spacial score (nSPS) is 10.5. The van der Waals surface area contributed by atoms with Crippen molar-refractivity contribution in [2.24, 2.45) is 0 Å². The Balaban J connectivity index is 1.67. The number of nitrogens with zero attached hydrogens (tertiary/aromatic N) is 3. The molecule has 1 N–H and O–H groups in total. The van der Waals surface area contributed by atoms with Crippen LogP contribution in [0.15, 0.2) is 61.2 Å². The van der Waals surface area contributed by atoms with Crippen molar-refractivity contribution >= 4 is 11.6 Å². The quantitative estimate of drug-likeness (QED) is 0.787. The molecule has 0 saturated carbocycles. The Morgan fingerprint density at radius 3 is 2.83 bits per heavy atom. The molecule has 23 heavy (non-hydrogen) atoms. The van der Waals surface area contributed by atoms with E-state index < -0.39 is 0 Å². The van der Waals surface area contributed by atoms with E-state index in [-0.39, 0.29) is 5.91 Å². The largest absolute Gasteiger partial charge is 0.324 e. The summed E-state index contributed by atoms with van der Waals surface area (Å²) in [5.74, 6) is -0.0147. The van der Waals surface area contributed by atoms with Crippen molar-refractivity contribution in [3.63, 3.8) is 0 Å². The molecule has 3 aromatic rings. The van der Waals surface area contributed by atoms with Gasteiger partial charge in [0.1, 0.15) is 12.7 Å². The van der Waals surface area contributed by atoms with Crippen LogP contribution in [0.3, 0.4) is 0 Å². The first-order chi connectivity index (χ1) is 11.2. The molecule has 0 unspecified atom stereocenters. The summed E-state index contributed by atoms with van der Waals surface area (Å²) in [7, 11) is 0. The van der Waals surface area contributed by atoms with Gasteiger partial charge in [-0.1, -0.05) is 42.0 Å². The third kappa shape index (κ3) is 3.83. The number of amides is 1. The number of nitrogens with one attached hydrogen (secondary N) is 1. The van der Waals surface area contributed by atoms with Gasteiger partial charge in [0.15, 0.2) is 0 Å². The topological polar surface area (TPSA) is 59.8 Å². The van der Waals surface area contributed by atoms with Gasteiger partial charge < -0.3 is 5.32 Å². The van der Waals surface area contributed by atoms with Gasteiger partial charge in [-0.2, -0.15) is 5.10 Å². The lowest BCUT2D eigenvalue weighted by atomic mass is 10.1. The fraction of sp³-hybridized carbons (Fsp3) is 0.167. The molecule has 0 aliphatic carbocycles. The van der Waals surface area contributed by atoms with Crippen molar-refractivity contribution in [2.75, 3.05) is 5.32 Å². The van der Waals surface area contributed by atoms with Gasteiger partial charge in [-0.15, -0.1) is 0 Å². The zero-order valence-electron chi connectivity index (χ0n) is 12.9. The van der Waals surface area contributed by atoms with E-state index >= 15 is 0 Å². The van der Waals surface area contributed by atoms with Crippen LogP contribution in [-0.2, 0) is 11.2 Å². The van der Waals surface area contributed by atoms with Crippen LogP contribution in [0.1, 0.15) is 17.5 Å². The summed E-state index contributed by atoms with van der Waals surface area (Å²) < 4.78 is 1.64. The predicted octanol–water partition coefficient (Wildman–Crippen LogP) is 3.15. The molecular weight excluding hydrogens is 288 g/mol. The molecule has 2 aromatic carbocycles. The summed E-state index contributed by atoms with van der Waals surface area (Å²) in [6, 6.07) is 15.8. The number of anilines is 1. The summed E-state index contributed by atoms with van der Waals surface area (Å²) in [6.45, 7) is 2.05. The molecule has 1 heterocycles. The number of carbonyl (C=O) groups is 1. The lowest BCUT2D eigenvalue weighted by Gasteiger charge is -2.10. The average molecular weight is 306 g/mol. The minimum absolute atomic E-state index is 0.0147. The lowest BCUT2D eigenvalue weighted by Crippen LogP contribution is -2.14. The Morgan fingerprint density at radius 2 is 2.04 bits per heavy atom. The smallest absolute Gasteiger partial charge is 0.224 e. The number of aryl methyl sites for hydroxylation is 2. The Kier molecular flexibility index (Phi) is 4.47. The van der Waals surface area contributed by atoms with E-state index in [1.165, 1.54) is 17.5 Å². The number of rotatable bonds is 5. The summed E-state index contributed by atoms with van der Waals surface area (Å²) >= 11 is 0. The summed E-state index contributed by atoms with van der Waals surface area (Å²) in [5, 5.41) is 7.07. The molecule has 0 saturated heterocycles. The zero-order valence-corrected chi connectivity index (χ0v) is 12.9. The van der Waals surface area contributed by atoms with Gasteiger partial charge in [0.25, 0.3) is 0 Å². The molecule has 0 aliphatic rings. The zero-order chi connectivity index (χ0) is 16.1. The first-order valence-corrected chi connectivity index (χ1v) is 7.52. The van der Waals surface area contributed by atoms with Gasteiger partial charge >= 0.3 is 0 Å². The summed E-state index contributed by atoms with van der Waals surface area (Å²) in [4.78, 5) is 16.2. The molecule has 116 valence electrons. The minimum atomic E-state index is -0.0147. The van der Waals surface area contributed by atoms with Gasteiger partial charge in [-0.05, 0) is 31.0 Å². The Hall–Kier alpha value is -2.95. The third-order valence-electron chi connectivity index (χ3n) is 3.57. The number of para-hydroxylation sites is 2. The molecule has 1 aromatic heterocycles. The Morgan fingerprint density at radius 1 is 1.17 bits per heavy atom. The van der Waals surface area contributed by atoms with Crippen molar-refractivity contribution in [2.45, 2.75) is 19.8 Å². The first kappa shape index (κ1) is 15.0. The van der Waals surface area contributed by atoms with Crippen LogP contribution in [0, 0.1) is 6.92 Å². The van der Waals surface area contributed by atoms with E-state index in [9.17, 15) is 4.79 Å². The molecular formula is C18H18N4O. The summed E-state index contributed by atoms with van der Waals surface area (Å²) in [6.07, 6.45) is 4.24. The number of hydrogen-bond acceptors (Lipinski definition) is 3. The first-order valence-electron chi connectivity index (χ1n) is 7.52. The standard InChI is InChI=1S/C18H18N4O/c1-14-5-4-6-15(11-14)9-10-18(23)21-16-7-2-3-8-17(16)22-13-19-12-20-22/h2-8,11-13H,9-10H2,1H3,(H,21,23). The highest BCUT2D eigenvalue weighted by molar-refractivity contribution is 5.92. The van der Waals surface area contributed by atoms with Gasteiger partial charge in [-0.3, -0.25) is 4.79 Å². The predicted molar refractivity (Wildman–Crippen MR) is 89.5 cm³/mol. The molecule has 5 nitrogen and oxygen atoms in total. The highest BCUT2D eigenvalue weighted by Gasteiger charge is 2.08. The maximum Gasteiger partial charge on any atom is 0.224 e. The van der Waals surface area contributed by atoms with Crippen LogP contribution in [0.5, 0.6) is 0 Å². The molecule has 0 bridgehead atoms. The van der Waals surface area contributed by atoms with E-state index in [0.29, 0.717) is 6.42 Å². The van der Waals surface area contributed by atoms with E-state index in [0.717, 1.165) is 17.8 Å². The van der Waals surface area contributed by atoms with Crippen molar-refractivity contribution in [3.05, 3.63) is 72.3 Å². The van der Waals surface area contributed by atoms with Crippen molar-refractivity contribution in [1.82, 2.24) is 14.8 Å². The fourth-order valence-corrected chi connectivity index (χ4v) is 2.45. The van der Waals surface area contributed by atoms with Crippen molar-refractivity contribution in [3.8, 4) is 5.69 Å². The van der Waals surface area contributed by atoms with Crippen molar-refractivity contribution in [1.29, 1.82) is 0 Å². The number of carbonyl (C=O) groups excluding carboxylic acids is 1. The molecule has 0 spiro atoms. The Bertz CT molecular complexity index is 796. The second-order valence-electron chi connectivity index (χ2n) is 5.39. The van der Waals surface area contributed by atoms with E-state index in [1.54, 1.807) is 11.0 Å². The highest BCUT2D eigenvalue weighted by Crippen LogP contribution is 2.19. The maximum atomic E-state index is 12.2.